The number of oxazole rings is 1. The molecule has 16 heavy (non-hydrogen) atoms. The highest BCUT2D eigenvalue weighted by Gasteiger charge is 2.36. The first-order chi connectivity index (χ1) is 7.88. The Labute approximate surface area is 96.2 Å². The van der Waals surface area contributed by atoms with Gasteiger partial charge in [-0.25, -0.2) is 4.98 Å². The van der Waals surface area contributed by atoms with Crippen LogP contribution in [0.1, 0.15) is 24.3 Å². The number of piperidine rings is 1. The summed E-state index contributed by atoms with van der Waals surface area (Å²) < 4.78 is 5.47. The van der Waals surface area contributed by atoms with Crippen molar-refractivity contribution in [3.05, 3.63) is 30.5 Å². The Bertz CT molecular complexity index is 385. The van der Waals surface area contributed by atoms with Gasteiger partial charge in [0.1, 0.15) is 5.76 Å². The fourth-order valence-corrected chi connectivity index (χ4v) is 3.20. The van der Waals surface area contributed by atoms with Gasteiger partial charge in [0.25, 0.3) is 0 Å². The molecule has 1 saturated heterocycles. The van der Waals surface area contributed by atoms with Crippen molar-refractivity contribution >= 4 is 0 Å². The molecule has 0 bridgehead atoms. The van der Waals surface area contributed by atoms with Crippen LogP contribution in [0.2, 0.25) is 0 Å². The first kappa shape index (κ1) is 10.1. The zero-order valence-electron chi connectivity index (χ0n) is 9.56. The van der Waals surface area contributed by atoms with E-state index in [1.165, 1.54) is 25.1 Å². The average Bonchev–Trinajstić information content (AvgIpc) is 2.74. The van der Waals surface area contributed by atoms with E-state index in [1.807, 2.05) is 6.08 Å². The second-order valence-electron chi connectivity index (χ2n) is 4.88. The van der Waals surface area contributed by atoms with Crippen LogP contribution in [-0.2, 0) is 12.8 Å². The number of aromatic nitrogens is 1. The smallest absolute Gasteiger partial charge is 0.181 e. The third-order valence-electron chi connectivity index (χ3n) is 3.97. The zero-order chi connectivity index (χ0) is 11.0. The maximum Gasteiger partial charge on any atom is 0.181 e. The summed E-state index contributed by atoms with van der Waals surface area (Å²) >= 11 is 0. The van der Waals surface area contributed by atoms with Crippen molar-refractivity contribution in [1.29, 1.82) is 0 Å². The lowest BCUT2D eigenvalue weighted by atomic mass is 9.79. The molecule has 2 unspecified atom stereocenters. The van der Waals surface area contributed by atoms with Gasteiger partial charge in [-0.05, 0) is 31.7 Å². The van der Waals surface area contributed by atoms with Crippen molar-refractivity contribution in [2.45, 2.75) is 31.7 Å². The van der Waals surface area contributed by atoms with Crippen molar-refractivity contribution in [2.75, 3.05) is 13.1 Å². The van der Waals surface area contributed by atoms with Crippen LogP contribution in [0.15, 0.2) is 23.5 Å². The van der Waals surface area contributed by atoms with Crippen LogP contribution in [0.5, 0.6) is 0 Å². The molecule has 3 nitrogen and oxygen atoms in total. The molecule has 0 amide bonds. The van der Waals surface area contributed by atoms with E-state index >= 15 is 0 Å². The van der Waals surface area contributed by atoms with Gasteiger partial charge in [0.2, 0.25) is 0 Å². The van der Waals surface area contributed by atoms with Crippen molar-refractivity contribution in [3.8, 4) is 0 Å². The van der Waals surface area contributed by atoms with Crippen LogP contribution in [-0.4, -0.2) is 29.0 Å². The molecule has 0 spiro atoms. The fourth-order valence-electron chi connectivity index (χ4n) is 3.20. The molecule has 0 radical (unpaired) electrons. The van der Waals surface area contributed by atoms with Crippen molar-refractivity contribution in [1.82, 2.24) is 9.88 Å². The van der Waals surface area contributed by atoms with Gasteiger partial charge in [0.05, 0.1) is 5.69 Å². The predicted molar refractivity (Wildman–Crippen MR) is 62.2 cm³/mol. The Morgan fingerprint density at radius 2 is 2.50 bits per heavy atom. The minimum atomic E-state index is 0.646. The van der Waals surface area contributed by atoms with E-state index in [1.54, 1.807) is 6.39 Å². The Kier molecular flexibility index (Phi) is 2.56. The molecule has 1 aliphatic heterocycles. The van der Waals surface area contributed by atoms with Gasteiger partial charge in [0, 0.05) is 19.0 Å². The SMILES string of the molecule is C=CCN1CCCC2Cc3ncoc3CC21. The molecule has 0 saturated carbocycles. The molecule has 1 aromatic heterocycles. The highest BCUT2D eigenvalue weighted by molar-refractivity contribution is 5.16. The minimum absolute atomic E-state index is 0.646. The first-order valence-electron chi connectivity index (χ1n) is 6.14. The Morgan fingerprint density at radius 1 is 1.56 bits per heavy atom. The topological polar surface area (TPSA) is 29.3 Å². The number of fused-ring (bicyclic) bond motifs is 2. The second-order valence-corrected chi connectivity index (χ2v) is 4.88. The number of hydrogen-bond acceptors (Lipinski definition) is 3. The Hall–Kier alpha value is -1.09. The van der Waals surface area contributed by atoms with Crippen LogP contribution in [0.25, 0.3) is 0 Å². The van der Waals surface area contributed by atoms with Gasteiger partial charge in [-0.1, -0.05) is 6.08 Å². The standard InChI is InChI=1S/C13H18N2O/c1-2-5-15-6-3-4-10-7-11-13(8-12(10)15)16-9-14-11/h2,9-10,12H,1,3-8H2. The van der Waals surface area contributed by atoms with Gasteiger partial charge in [-0.3, -0.25) is 4.90 Å². The normalized spacial score (nSPS) is 29.5. The minimum Gasteiger partial charge on any atom is -0.448 e. The van der Waals surface area contributed by atoms with E-state index in [2.05, 4.69) is 16.5 Å². The van der Waals surface area contributed by atoms with Gasteiger partial charge in [-0.15, -0.1) is 6.58 Å². The van der Waals surface area contributed by atoms with Gasteiger partial charge in [-0.2, -0.15) is 0 Å². The molecule has 3 heteroatoms. The van der Waals surface area contributed by atoms with Crippen molar-refractivity contribution < 1.29 is 4.42 Å². The van der Waals surface area contributed by atoms with Gasteiger partial charge < -0.3 is 4.42 Å². The summed E-state index contributed by atoms with van der Waals surface area (Å²) in [6, 6.07) is 0.646. The van der Waals surface area contributed by atoms with E-state index in [4.69, 9.17) is 4.42 Å². The summed E-state index contributed by atoms with van der Waals surface area (Å²) in [4.78, 5) is 6.86. The van der Waals surface area contributed by atoms with Crippen molar-refractivity contribution in [3.63, 3.8) is 0 Å². The average molecular weight is 218 g/mol. The van der Waals surface area contributed by atoms with Crippen LogP contribution in [0.3, 0.4) is 0 Å². The molecule has 2 atom stereocenters. The Morgan fingerprint density at radius 3 is 3.38 bits per heavy atom. The molecular weight excluding hydrogens is 200 g/mol. The van der Waals surface area contributed by atoms with E-state index in [0.29, 0.717) is 6.04 Å². The van der Waals surface area contributed by atoms with Crippen LogP contribution in [0, 0.1) is 5.92 Å². The quantitative estimate of drug-likeness (QED) is 0.711. The van der Waals surface area contributed by atoms with E-state index < -0.39 is 0 Å². The molecule has 1 aromatic rings. The highest BCUT2D eigenvalue weighted by Crippen LogP contribution is 2.34. The summed E-state index contributed by atoms with van der Waals surface area (Å²) in [5.74, 6) is 1.88. The second kappa shape index (κ2) is 4.06. The van der Waals surface area contributed by atoms with Gasteiger partial charge in [0.15, 0.2) is 6.39 Å². The lowest BCUT2D eigenvalue weighted by Gasteiger charge is -2.42. The van der Waals surface area contributed by atoms with Crippen LogP contribution < -0.4 is 0 Å². The number of hydrogen-bond donors (Lipinski definition) is 0. The third-order valence-corrected chi connectivity index (χ3v) is 3.97. The van der Waals surface area contributed by atoms with Crippen molar-refractivity contribution in [2.24, 2.45) is 5.92 Å². The summed E-state index contributed by atoms with van der Waals surface area (Å²) in [5, 5.41) is 0. The van der Waals surface area contributed by atoms with Gasteiger partial charge >= 0.3 is 0 Å². The zero-order valence-corrected chi connectivity index (χ0v) is 9.56. The molecule has 3 rings (SSSR count). The van der Waals surface area contributed by atoms with E-state index in [9.17, 15) is 0 Å². The first-order valence-corrected chi connectivity index (χ1v) is 6.14. The lowest BCUT2D eigenvalue weighted by Crippen LogP contribution is -2.49. The summed E-state index contributed by atoms with van der Waals surface area (Å²) in [5.41, 5.74) is 1.20. The monoisotopic (exact) mass is 218 g/mol. The molecule has 2 heterocycles. The summed E-state index contributed by atoms with van der Waals surface area (Å²) in [6.07, 6.45) is 8.39. The molecule has 86 valence electrons. The third kappa shape index (κ3) is 1.59. The summed E-state index contributed by atoms with van der Waals surface area (Å²) in [7, 11) is 0. The Balaban J connectivity index is 1.84. The fraction of sp³-hybridized carbons (Fsp3) is 0.615. The number of likely N-dealkylation sites (tertiary alicyclic amines) is 1. The molecule has 0 N–H and O–H groups in total. The number of nitrogens with zero attached hydrogens (tertiary/aromatic N) is 2. The molecule has 1 fully saturated rings. The maximum atomic E-state index is 5.47. The maximum absolute atomic E-state index is 5.47. The molecule has 0 aromatic carbocycles. The summed E-state index contributed by atoms with van der Waals surface area (Å²) in [6.45, 7) is 6.06. The van der Waals surface area contributed by atoms with Crippen LogP contribution in [0.4, 0.5) is 0 Å². The molecular formula is C13H18N2O. The van der Waals surface area contributed by atoms with Crippen LogP contribution >= 0.6 is 0 Å². The van der Waals surface area contributed by atoms with E-state index in [0.717, 1.165) is 31.1 Å². The molecule has 2 aliphatic rings. The lowest BCUT2D eigenvalue weighted by molar-refractivity contribution is 0.0911. The number of rotatable bonds is 2. The highest BCUT2D eigenvalue weighted by atomic mass is 16.3. The van der Waals surface area contributed by atoms with E-state index in [-0.39, 0.29) is 0 Å². The predicted octanol–water partition coefficient (Wildman–Crippen LogP) is 2.04. The molecule has 1 aliphatic carbocycles. The largest absolute Gasteiger partial charge is 0.448 e.